The van der Waals surface area contributed by atoms with E-state index in [1.807, 2.05) is 12.1 Å². The van der Waals surface area contributed by atoms with Crippen molar-refractivity contribution in [2.75, 3.05) is 13.1 Å². The van der Waals surface area contributed by atoms with Crippen molar-refractivity contribution in [1.82, 2.24) is 20.2 Å². The van der Waals surface area contributed by atoms with Crippen LogP contribution in [0.1, 0.15) is 44.0 Å². The predicted octanol–water partition coefficient (Wildman–Crippen LogP) is 2.75. The van der Waals surface area contributed by atoms with E-state index in [1.165, 1.54) is 31.5 Å². The number of amides is 1. The number of carbonyl (C=O) groups is 1. The minimum absolute atomic E-state index is 0.104. The van der Waals surface area contributed by atoms with Gasteiger partial charge < -0.3 is 15.2 Å². The van der Waals surface area contributed by atoms with Gasteiger partial charge in [0.15, 0.2) is 0 Å². The highest BCUT2D eigenvalue weighted by molar-refractivity contribution is 5.77. The Bertz CT molecular complexity index is 673. The van der Waals surface area contributed by atoms with E-state index in [1.54, 1.807) is 0 Å². The molecule has 1 amide bonds. The summed E-state index contributed by atoms with van der Waals surface area (Å²) in [4.78, 5) is 22.3. The number of imidazole rings is 1. The fourth-order valence-electron chi connectivity index (χ4n) is 3.24. The van der Waals surface area contributed by atoms with Crippen molar-refractivity contribution < 1.29 is 4.79 Å². The molecule has 1 aromatic heterocycles. The maximum atomic E-state index is 12.0. The summed E-state index contributed by atoms with van der Waals surface area (Å²) in [6.07, 6.45) is 4.09. The first-order chi connectivity index (χ1) is 11.1. The van der Waals surface area contributed by atoms with Gasteiger partial charge in [0.25, 0.3) is 0 Å². The molecule has 1 aromatic carbocycles. The van der Waals surface area contributed by atoms with Crippen LogP contribution >= 0.6 is 0 Å². The van der Waals surface area contributed by atoms with E-state index >= 15 is 0 Å². The van der Waals surface area contributed by atoms with E-state index in [2.05, 4.69) is 40.1 Å². The summed E-state index contributed by atoms with van der Waals surface area (Å²) >= 11 is 0. The molecule has 2 heterocycles. The second-order valence-corrected chi connectivity index (χ2v) is 6.61. The summed E-state index contributed by atoms with van der Waals surface area (Å²) in [6, 6.07) is 6.62. The normalized spacial score (nSPS) is 16.8. The summed E-state index contributed by atoms with van der Waals surface area (Å²) in [5.74, 6) is 0.916. The van der Waals surface area contributed by atoms with Crippen molar-refractivity contribution in [2.45, 2.75) is 52.1 Å². The van der Waals surface area contributed by atoms with Gasteiger partial charge >= 0.3 is 0 Å². The fourth-order valence-corrected chi connectivity index (χ4v) is 3.24. The number of nitrogens with one attached hydrogen (secondary N) is 2. The number of nitrogens with zero attached hydrogens (tertiary/aromatic N) is 2. The molecule has 0 saturated carbocycles. The Balaban J connectivity index is 1.46. The zero-order valence-corrected chi connectivity index (χ0v) is 14.1. The van der Waals surface area contributed by atoms with Gasteiger partial charge in [0.2, 0.25) is 5.91 Å². The third-order valence-electron chi connectivity index (χ3n) is 4.69. The van der Waals surface area contributed by atoms with Crippen LogP contribution in [0, 0.1) is 6.92 Å². The summed E-state index contributed by atoms with van der Waals surface area (Å²) in [5.41, 5.74) is 3.17. The largest absolute Gasteiger partial charge is 0.349 e. The van der Waals surface area contributed by atoms with Gasteiger partial charge in [-0.05, 0) is 63.9 Å². The molecule has 2 aromatic rings. The van der Waals surface area contributed by atoms with Crippen LogP contribution < -0.4 is 5.32 Å². The average molecular weight is 314 g/mol. The zero-order chi connectivity index (χ0) is 16.2. The standard InChI is InChI=1S/C18H26N4O/c1-13-5-7-15-16(11-13)21-17(20-15)12-19-18(23)8-6-14(2)22-9-3-4-10-22/h5,7,11,14H,3-4,6,8-10,12H2,1-2H3,(H,19,23)(H,20,21)/t14-/m0/s1. The van der Waals surface area contributed by atoms with Crippen molar-refractivity contribution in [1.29, 1.82) is 0 Å². The Hall–Kier alpha value is -1.88. The van der Waals surface area contributed by atoms with Crippen LogP contribution in [0.25, 0.3) is 11.0 Å². The van der Waals surface area contributed by atoms with Gasteiger partial charge in [-0.1, -0.05) is 6.07 Å². The number of likely N-dealkylation sites (tertiary alicyclic amines) is 1. The third kappa shape index (κ3) is 4.10. The number of benzene rings is 1. The summed E-state index contributed by atoms with van der Waals surface area (Å²) in [6.45, 7) is 7.11. The lowest BCUT2D eigenvalue weighted by molar-refractivity contribution is -0.121. The van der Waals surface area contributed by atoms with Crippen molar-refractivity contribution in [3.63, 3.8) is 0 Å². The number of fused-ring (bicyclic) bond motifs is 1. The van der Waals surface area contributed by atoms with Gasteiger partial charge in [-0.2, -0.15) is 0 Å². The highest BCUT2D eigenvalue weighted by atomic mass is 16.1. The molecule has 0 bridgehead atoms. The highest BCUT2D eigenvalue weighted by Gasteiger charge is 2.18. The molecular formula is C18H26N4O. The quantitative estimate of drug-likeness (QED) is 0.862. The molecule has 1 fully saturated rings. The van der Waals surface area contributed by atoms with Gasteiger partial charge in [-0.25, -0.2) is 4.98 Å². The molecule has 1 atom stereocenters. The van der Waals surface area contributed by atoms with Crippen LogP contribution in [-0.4, -0.2) is 39.9 Å². The van der Waals surface area contributed by atoms with Gasteiger partial charge in [0, 0.05) is 12.5 Å². The molecule has 1 saturated heterocycles. The first-order valence-corrected chi connectivity index (χ1v) is 8.58. The van der Waals surface area contributed by atoms with E-state index in [0.29, 0.717) is 19.0 Å². The summed E-state index contributed by atoms with van der Waals surface area (Å²) in [7, 11) is 0. The molecule has 0 unspecified atom stereocenters. The number of aromatic amines is 1. The van der Waals surface area contributed by atoms with Crippen LogP contribution in [0.2, 0.25) is 0 Å². The minimum atomic E-state index is 0.104. The van der Waals surface area contributed by atoms with Crippen LogP contribution in [0.15, 0.2) is 18.2 Å². The molecule has 0 aliphatic carbocycles. The van der Waals surface area contributed by atoms with Gasteiger partial charge in [0.05, 0.1) is 17.6 Å². The van der Waals surface area contributed by atoms with E-state index in [0.717, 1.165) is 23.3 Å². The molecule has 2 N–H and O–H groups in total. The fraction of sp³-hybridized carbons (Fsp3) is 0.556. The third-order valence-corrected chi connectivity index (χ3v) is 4.69. The molecule has 0 radical (unpaired) electrons. The first kappa shape index (κ1) is 16.0. The number of aromatic nitrogens is 2. The van der Waals surface area contributed by atoms with Gasteiger partial charge in [-0.15, -0.1) is 0 Å². The van der Waals surface area contributed by atoms with Crippen molar-refractivity contribution in [2.24, 2.45) is 0 Å². The minimum Gasteiger partial charge on any atom is -0.349 e. The van der Waals surface area contributed by atoms with E-state index in [9.17, 15) is 4.79 Å². The second-order valence-electron chi connectivity index (χ2n) is 6.61. The molecular weight excluding hydrogens is 288 g/mol. The zero-order valence-electron chi connectivity index (χ0n) is 14.1. The Kier molecular flexibility index (Phi) is 4.96. The first-order valence-electron chi connectivity index (χ1n) is 8.58. The molecule has 0 spiro atoms. The lowest BCUT2D eigenvalue weighted by atomic mass is 10.1. The van der Waals surface area contributed by atoms with Crippen LogP contribution in [0.3, 0.4) is 0 Å². The highest BCUT2D eigenvalue weighted by Crippen LogP contribution is 2.15. The van der Waals surface area contributed by atoms with Gasteiger partial charge in [-0.3, -0.25) is 4.79 Å². The predicted molar refractivity (Wildman–Crippen MR) is 92.2 cm³/mol. The number of hydrogen-bond acceptors (Lipinski definition) is 3. The van der Waals surface area contributed by atoms with Crippen molar-refractivity contribution >= 4 is 16.9 Å². The molecule has 1 aliphatic rings. The Morgan fingerprint density at radius 1 is 1.39 bits per heavy atom. The Labute approximate surface area is 137 Å². The van der Waals surface area contributed by atoms with Crippen LogP contribution in [-0.2, 0) is 11.3 Å². The number of H-pyrrole nitrogens is 1. The van der Waals surface area contributed by atoms with Crippen molar-refractivity contribution in [3.05, 3.63) is 29.6 Å². The topological polar surface area (TPSA) is 61.0 Å². The number of hydrogen-bond donors (Lipinski definition) is 2. The number of carbonyl (C=O) groups excluding carboxylic acids is 1. The van der Waals surface area contributed by atoms with Crippen LogP contribution in [0.4, 0.5) is 0 Å². The SMILES string of the molecule is Cc1ccc2nc(CNC(=O)CC[C@H](C)N3CCCC3)[nH]c2c1. The average Bonchev–Trinajstić information content (AvgIpc) is 3.19. The van der Waals surface area contributed by atoms with Crippen molar-refractivity contribution in [3.8, 4) is 0 Å². The summed E-state index contributed by atoms with van der Waals surface area (Å²) in [5, 5.41) is 2.97. The number of rotatable bonds is 6. The Morgan fingerprint density at radius 2 is 2.17 bits per heavy atom. The lowest BCUT2D eigenvalue weighted by Crippen LogP contribution is -2.32. The molecule has 3 rings (SSSR count). The number of aryl methyl sites for hydroxylation is 1. The molecule has 5 heteroatoms. The molecule has 124 valence electrons. The molecule has 5 nitrogen and oxygen atoms in total. The van der Waals surface area contributed by atoms with Gasteiger partial charge in [0.1, 0.15) is 5.82 Å². The molecule has 1 aliphatic heterocycles. The van der Waals surface area contributed by atoms with E-state index < -0.39 is 0 Å². The van der Waals surface area contributed by atoms with E-state index in [4.69, 9.17) is 0 Å². The smallest absolute Gasteiger partial charge is 0.220 e. The Morgan fingerprint density at radius 3 is 2.96 bits per heavy atom. The summed E-state index contributed by atoms with van der Waals surface area (Å²) < 4.78 is 0. The monoisotopic (exact) mass is 314 g/mol. The molecule has 23 heavy (non-hydrogen) atoms. The van der Waals surface area contributed by atoms with E-state index in [-0.39, 0.29) is 5.91 Å². The second kappa shape index (κ2) is 7.13. The lowest BCUT2D eigenvalue weighted by Gasteiger charge is -2.23. The van der Waals surface area contributed by atoms with Crippen LogP contribution in [0.5, 0.6) is 0 Å². The maximum Gasteiger partial charge on any atom is 0.220 e. The maximum absolute atomic E-state index is 12.0.